The monoisotopic (exact) mass is 461 g/mol. The van der Waals surface area contributed by atoms with Crippen molar-refractivity contribution in [2.24, 2.45) is 5.92 Å². The maximum absolute atomic E-state index is 11.9. The Morgan fingerprint density at radius 3 is 2.57 bits per heavy atom. The van der Waals surface area contributed by atoms with Crippen LogP contribution in [0.4, 0.5) is 4.79 Å². The van der Waals surface area contributed by atoms with E-state index < -0.39 is 36.6 Å². The van der Waals surface area contributed by atoms with E-state index in [0.29, 0.717) is 5.75 Å². The van der Waals surface area contributed by atoms with E-state index in [9.17, 15) is 20.1 Å². The van der Waals surface area contributed by atoms with Gasteiger partial charge < -0.3 is 34.8 Å². The van der Waals surface area contributed by atoms with E-state index >= 15 is 0 Å². The number of alkyl carbamates (subject to hydrolysis) is 1. The summed E-state index contributed by atoms with van der Waals surface area (Å²) < 4.78 is 16.4. The number of rotatable bonds is 10. The molecule has 1 heterocycles. The molecule has 0 saturated carbocycles. The number of aliphatic hydroxyl groups excluding tert-OH is 3. The number of amides is 1. The van der Waals surface area contributed by atoms with Crippen LogP contribution in [-0.4, -0.2) is 70.2 Å². The molecule has 2 rings (SSSR count). The zero-order valence-electron chi connectivity index (χ0n) is 17.4. The summed E-state index contributed by atoms with van der Waals surface area (Å²) in [5, 5.41) is 32.4. The van der Waals surface area contributed by atoms with E-state index in [1.165, 1.54) is 0 Å². The Kier molecular flexibility index (Phi) is 10.6. The van der Waals surface area contributed by atoms with Gasteiger partial charge in [-0.1, -0.05) is 47.6 Å². The van der Waals surface area contributed by atoms with Crippen molar-refractivity contribution >= 4 is 27.7 Å². The molecule has 8 nitrogen and oxygen atoms in total. The smallest absolute Gasteiger partial charge is 0.407 e. The van der Waals surface area contributed by atoms with Crippen LogP contribution in [0.5, 0.6) is 5.75 Å². The molecule has 0 aromatic heterocycles. The van der Waals surface area contributed by atoms with Crippen LogP contribution in [0.25, 0.3) is 0 Å². The third-order valence-corrected chi connectivity index (χ3v) is 7.33. The van der Waals surface area contributed by atoms with Crippen LogP contribution in [0, 0.1) is 5.92 Å². The van der Waals surface area contributed by atoms with E-state index in [1.807, 2.05) is 6.92 Å². The highest BCUT2D eigenvalue weighted by Crippen LogP contribution is 2.28. The van der Waals surface area contributed by atoms with E-state index in [1.54, 1.807) is 52.8 Å². The van der Waals surface area contributed by atoms with Crippen molar-refractivity contribution in [2.45, 2.75) is 58.0 Å². The lowest BCUT2D eigenvalue weighted by Crippen LogP contribution is -2.56. The molecule has 10 heteroatoms. The summed E-state index contributed by atoms with van der Waals surface area (Å²) in [6.45, 7) is 5.54. The van der Waals surface area contributed by atoms with Gasteiger partial charge in [0.05, 0.1) is 18.8 Å². The largest absolute Gasteiger partial charge is 0.462 e. The maximum atomic E-state index is 11.9. The predicted molar refractivity (Wildman–Crippen MR) is 117 cm³/mol. The lowest BCUT2D eigenvalue weighted by atomic mass is 9.91. The number of hydrogen-bond donors (Lipinski definition) is 4. The van der Waals surface area contributed by atoms with Crippen molar-refractivity contribution in [3.63, 3.8) is 0 Å². The van der Waals surface area contributed by atoms with Crippen LogP contribution in [0.1, 0.15) is 26.3 Å². The molecule has 30 heavy (non-hydrogen) atoms. The summed E-state index contributed by atoms with van der Waals surface area (Å²) in [7, 11) is 3.46. The molecule has 170 valence electrons. The number of benzene rings is 1. The van der Waals surface area contributed by atoms with Gasteiger partial charge in [0.1, 0.15) is 18.5 Å². The fourth-order valence-corrected chi connectivity index (χ4v) is 4.79. The third kappa shape index (κ3) is 7.51. The maximum Gasteiger partial charge on any atom is 0.407 e. The van der Waals surface area contributed by atoms with Gasteiger partial charge in [-0.25, -0.2) is 4.79 Å². The number of nitrogens with one attached hydrogen (secondary N) is 1. The Morgan fingerprint density at radius 2 is 1.93 bits per heavy atom. The molecule has 1 amide bonds. The Balaban J connectivity index is 1.80. The van der Waals surface area contributed by atoms with Crippen LogP contribution < -0.4 is 10.1 Å². The normalized spacial score (nSPS) is 27.3. The highest BCUT2D eigenvalue weighted by Gasteiger charge is 2.43. The number of carbonyl (C=O) groups excluding carboxylic acids is 1. The minimum Gasteiger partial charge on any atom is -0.462 e. The molecule has 1 aliphatic heterocycles. The van der Waals surface area contributed by atoms with Crippen molar-refractivity contribution < 1.29 is 34.3 Å². The van der Waals surface area contributed by atoms with Crippen molar-refractivity contribution in [3.8, 4) is 5.75 Å². The van der Waals surface area contributed by atoms with E-state index in [4.69, 9.17) is 14.2 Å². The average molecular weight is 462 g/mol. The lowest BCUT2D eigenvalue weighted by Gasteiger charge is -2.40. The van der Waals surface area contributed by atoms with Crippen molar-refractivity contribution in [3.05, 3.63) is 29.8 Å². The molecule has 3 unspecified atom stereocenters. The summed E-state index contributed by atoms with van der Waals surface area (Å²) in [6.07, 6.45) is -4.48. The number of aliphatic hydroxyl groups is 3. The second-order valence-electron chi connectivity index (χ2n) is 7.14. The van der Waals surface area contributed by atoms with Crippen LogP contribution in [0.2, 0.25) is 0 Å². The summed E-state index contributed by atoms with van der Waals surface area (Å²) in [5.74, 6) is 1.83. The molecule has 0 spiro atoms. The lowest BCUT2D eigenvalue weighted by molar-refractivity contribution is -0.261. The number of ether oxygens (including phenoxy) is 3. The molecule has 1 aliphatic rings. The first-order chi connectivity index (χ1) is 14.3. The molecule has 6 atom stereocenters. The van der Waals surface area contributed by atoms with Gasteiger partial charge in [0, 0.05) is 23.5 Å². The molecular weight excluding hydrogens is 430 g/mol. The van der Waals surface area contributed by atoms with Gasteiger partial charge in [-0.3, -0.25) is 0 Å². The average Bonchev–Trinajstić information content (AvgIpc) is 2.73. The van der Waals surface area contributed by atoms with Crippen molar-refractivity contribution in [1.82, 2.24) is 5.32 Å². The van der Waals surface area contributed by atoms with Gasteiger partial charge in [-0.2, -0.15) is 0 Å². The molecule has 0 radical (unpaired) electrons. The van der Waals surface area contributed by atoms with Gasteiger partial charge in [-0.05, 0) is 24.6 Å². The quantitative estimate of drug-likeness (QED) is 0.307. The molecular formula is C20H31NO7S2. The van der Waals surface area contributed by atoms with Gasteiger partial charge in [0.2, 0.25) is 6.29 Å². The topological polar surface area (TPSA) is 117 Å². The summed E-state index contributed by atoms with van der Waals surface area (Å²) in [5.41, 5.74) is 0.771. The van der Waals surface area contributed by atoms with E-state index in [2.05, 4.69) is 12.2 Å². The zero-order valence-corrected chi connectivity index (χ0v) is 19.0. The third-order valence-electron chi connectivity index (χ3n) is 4.67. The Bertz CT molecular complexity index is 647. The summed E-state index contributed by atoms with van der Waals surface area (Å²) in [4.78, 5) is 11.9. The van der Waals surface area contributed by atoms with Crippen LogP contribution in [0.15, 0.2) is 24.3 Å². The van der Waals surface area contributed by atoms with E-state index in [-0.39, 0.29) is 19.3 Å². The first-order valence-electron chi connectivity index (χ1n) is 9.91. The minimum absolute atomic E-state index is 0.0139. The van der Waals surface area contributed by atoms with Crippen molar-refractivity contribution in [1.29, 1.82) is 0 Å². The van der Waals surface area contributed by atoms with Crippen LogP contribution in [-0.2, 0) is 16.1 Å². The second kappa shape index (κ2) is 12.6. The highest BCUT2D eigenvalue weighted by atomic mass is 33.1. The first-order valence-corrected chi connectivity index (χ1v) is 12.4. The zero-order chi connectivity index (χ0) is 22.1. The molecule has 1 fully saturated rings. The number of carbonyl (C=O) groups is 1. The predicted octanol–water partition coefficient (Wildman–Crippen LogP) is 2.16. The van der Waals surface area contributed by atoms with Gasteiger partial charge >= 0.3 is 6.09 Å². The second-order valence-corrected chi connectivity index (χ2v) is 9.94. The minimum atomic E-state index is -1.23. The molecule has 1 saturated heterocycles. The van der Waals surface area contributed by atoms with Gasteiger partial charge in [-0.15, -0.1) is 0 Å². The Hall–Kier alpha value is -1.17. The standard InChI is InChI=1S/C20H31NO7S2/c1-4-29-30-11-12(2)21-20(25)26-10-14-5-7-15(8-6-14)27-19-18(24)17(23)13(3)16(9-22)28-19/h5-8,12-13,16-19,22-24H,4,9-11H2,1-3H3,(H,21,25)/t12?,13-,16+,17-,18?,19?/m0/s1. The van der Waals surface area contributed by atoms with Gasteiger partial charge in [0.15, 0.2) is 0 Å². The highest BCUT2D eigenvalue weighted by molar-refractivity contribution is 8.76. The van der Waals surface area contributed by atoms with Gasteiger partial charge in [0.25, 0.3) is 0 Å². The summed E-state index contributed by atoms with van der Waals surface area (Å²) >= 11 is 0. The number of hydrogen-bond acceptors (Lipinski definition) is 9. The molecule has 0 bridgehead atoms. The van der Waals surface area contributed by atoms with Crippen molar-refractivity contribution in [2.75, 3.05) is 18.1 Å². The van der Waals surface area contributed by atoms with Crippen LogP contribution in [0.3, 0.4) is 0 Å². The summed E-state index contributed by atoms with van der Waals surface area (Å²) in [6, 6.07) is 6.80. The van der Waals surface area contributed by atoms with Crippen LogP contribution >= 0.6 is 21.6 Å². The first kappa shape index (κ1) is 25.1. The Labute approximate surface area is 185 Å². The Morgan fingerprint density at radius 1 is 1.23 bits per heavy atom. The fraction of sp³-hybridized carbons (Fsp3) is 0.650. The molecule has 0 aliphatic carbocycles. The molecule has 1 aromatic rings. The van der Waals surface area contributed by atoms with E-state index in [0.717, 1.165) is 17.1 Å². The molecule has 4 N–H and O–H groups in total. The molecule has 1 aromatic carbocycles. The SMILES string of the molecule is CCSSCC(C)NC(=O)OCc1ccc(OC2O[C@H](CO)[C@H](C)[C@H](O)C2O)cc1. The fourth-order valence-electron chi connectivity index (χ4n) is 2.84.